The first-order valence-corrected chi connectivity index (χ1v) is 11.7. The molecule has 2 aliphatic heterocycles. The molecule has 1 amide bonds. The van der Waals surface area contributed by atoms with E-state index in [2.05, 4.69) is 11.5 Å². The van der Waals surface area contributed by atoms with Crippen molar-refractivity contribution in [3.05, 3.63) is 77.9 Å². The topological polar surface area (TPSA) is 99.5 Å². The molecule has 0 spiro atoms. The van der Waals surface area contributed by atoms with Gasteiger partial charge in [0, 0.05) is 31.7 Å². The maximum atomic E-state index is 13.1. The summed E-state index contributed by atoms with van der Waals surface area (Å²) in [6, 6.07) is 12.3. The number of hydrogen-bond acceptors (Lipinski definition) is 7. The number of hydrogen-bond donors (Lipinski definition) is 2. The fraction of sp³-hybridized carbons (Fsp3) is 0.333. The van der Waals surface area contributed by atoms with Crippen LogP contribution in [-0.2, 0) is 14.3 Å². The second-order valence-electron chi connectivity index (χ2n) is 8.52. The first-order chi connectivity index (χ1) is 17.0. The lowest BCUT2D eigenvalue weighted by atomic mass is 9.95. The summed E-state index contributed by atoms with van der Waals surface area (Å²) in [5.41, 5.74) is 1.08. The van der Waals surface area contributed by atoms with E-state index in [1.54, 1.807) is 42.5 Å². The molecule has 2 fully saturated rings. The zero-order valence-corrected chi connectivity index (χ0v) is 19.6. The molecule has 2 saturated heterocycles. The maximum Gasteiger partial charge on any atom is 0.295 e. The third-order valence-electron chi connectivity index (χ3n) is 6.22. The van der Waals surface area contributed by atoms with Crippen molar-refractivity contribution < 1.29 is 29.3 Å². The zero-order valence-electron chi connectivity index (χ0n) is 19.6. The van der Waals surface area contributed by atoms with Gasteiger partial charge in [0.1, 0.15) is 23.9 Å². The fourth-order valence-corrected chi connectivity index (χ4v) is 4.42. The number of benzene rings is 2. The predicted octanol–water partition coefficient (Wildman–Crippen LogP) is 3.10. The van der Waals surface area contributed by atoms with Gasteiger partial charge in [0.2, 0.25) is 0 Å². The Bertz CT molecular complexity index is 1090. The summed E-state index contributed by atoms with van der Waals surface area (Å²) in [5, 5.41) is 20.9. The quantitative estimate of drug-likeness (QED) is 0.247. The number of phenols is 1. The molecule has 35 heavy (non-hydrogen) atoms. The number of ether oxygens (including phenoxy) is 2. The molecule has 184 valence electrons. The number of ketones is 1. The monoisotopic (exact) mass is 478 g/mol. The van der Waals surface area contributed by atoms with Gasteiger partial charge in [0.15, 0.2) is 0 Å². The number of morpholine rings is 1. The predicted molar refractivity (Wildman–Crippen MR) is 131 cm³/mol. The van der Waals surface area contributed by atoms with Crippen LogP contribution in [0.5, 0.6) is 11.5 Å². The molecule has 1 atom stereocenters. The Labute approximate surface area is 204 Å². The van der Waals surface area contributed by atoms with E-state index in [0.29, 0.717) is 49.7 Å². The average Bonchev–Trinajstić information content (AvgIpc) is 3.13. The molecule has 0 radical (unpaired) electrons. The van der Waals surface area contributed by atoms with Crippen LogP contribution in [0.25, 0.3) is 5.76 Å². The van der Waals surface area contributed by atoms with Gasteiger partial charge in [0.25, 0.3) is 11.7 Å². The highest BCUT2D eigenvalue weighted by Gasteiger charge is 2.45. The number of likely N-dealkylation sites (tertiary alicyclic amines) is 1. The van der Waals surface area contributed by atoms with Crippen LogP contribution in [0, 0.1) is 0 Å². The average molecular weight is 479 g/mol. The molecule has 8 heteroatoms. The van der Waals surface area contributed by atoms with Crippen molar-refractivity contribution in [3.63, 3.8) is 0 Å². The smallest absolute Gasteiger partial charge is 0.295 e. The normalized spacial score (nSPS) is 20.2. The van der Waals surface area contributed by atoms with Crippen LogP contribution in [0.1, 0.15) is 23.6 Å². The summed E-state index contributed by atoms with van der Waals surface area (Å²) in [6.07, 6.45) is 2.31. The molecule has 0 saturated carbocycles. The molecule has 4 rings (SSSR count). The SMILES string of the molecule is C=CCOc1ccc(/C(O)=C2\C(=O)C(=O)N(CCCN3CCOCC3)[C@@H]2c2ccc(O)cc2)cc1. The number of amides is 1. The molecule has 2 aromatic rings. The molecule has 0 unspecified atom stereocenters. The summed E-state index contributed by atoms with van der Waals surface area (Å²) in [7, 11) is 0. The van der Waals surface area contributed by atoms with E-state index in [0.717, 1.165) is 19.6 Å². The van der Waals surface area contributed by atoms with Crippen molar-refractivity contribution in [3.8, 4) is 11.5 Å². The van der Waals surface area contributed by atoms with Crippen LogP contribution in [0.3, 0.4) is 0 Å². The number of nitrogens with zero attached hydrogens (tertiary/aromatic N) is 2. The Kier molecular flexibility index (Phi) is 7.84. The molecule has 0 aliphatic carbocycles. The van der Waals surface area contributed by atoms with Crippen molar-refractivity contribution in [2.45, 2.75) is 12.5 Å². The van der Waals surface area contributed by atoms with E-state index in [4.69, 9.17) is 9.47 Å². The van der Waals surface area contributed by atoms with Crippen molar-refractivity contribution in [1.82, 2.24) is 9.80 Å². The number of phenolic OH excluding ortho intramolecular Hbond substituents is 1. The van der Waals surface area contributed by atoms with Gasteiger partial charge in [-0.05, 0) is 48.4 Å². The standard InChI is InChI=1S/C27H30N2O6/c1-2-16-35-22-10-6-20(7-11-22)25(31)23-24(19-4-8-21(30)9-5-19)29(27(33)26(23)32)13-3-12-28-14-17-34-18-15-28/h2,4-11,24,30-31H,1,3,12-18H2/b25-23+/t24-/m1/s1. The Hall–Kier alpha value is -3.62. The first-order valence-electron chi connectivity index (χ1n) is 11.7. The van der Waals surface area contributed by atoms with E-state index in [-0.39, 0.29) is 17.1 Å². The first kappa shape index (κ1) is 24.5. The Balaban J connectivity index is 1.63. The fourth-order valence-electron chi connectivity index (χ4n) is 4.42. The Morgan fingerprint density at radius 3 is 2.40 bits per heavy atom. The van der Waals surface area contributed by atoms with E-state index >= 15 is 0 Å². The van der Waals surface area contributed by atoms with Crippen molar-refractivity contribution in [2.75, 3.05) is 46.0 Å². The molecule has 8 nitrogen and oxygen atoms in total. The highest BCUT2D eigenvalue weighted by Crippen LogP contribution is 2.40. The minimum atomic E-state index is -0.753. The minimum absolute atomic E-state index is 0.0341. The van der Waals surface area contributed by atoms with E-state index < -0.39 is 17.7 Å². The van der Waals surface area contributed by atoms with Crippen LogP contribution in [0.2, 0.25) is 0 Å². The van der Waals surface area contributed by atoms with E-state index in [9.17, 15) is 19.8 Å². The Morgan fingerprint density at radius 2 is 1.74 bits per heavy atom. The van der Waals surface area contributed by atoms with Gasteiger partial charge in [-0.2, -0.15) is 0 Å². The molecular weight excluding hydrogens is 448 g/mol. The molecule has 2 aliphatic rings. The van der Waals surface area contributed by atoms with Gasteiger partial charge in [-0.15, -0.1) is 0 Å². The number of aromatic hydroxyl groups is 1. The Morgan fingerprint density at radius 1 is 1.06 bits per heavy atom. The number of rotatable bonds is 9. The minimum Gasteiger partial charge on any atom is -0.508 e. The molecule has 2 N–H and O–H groups in total. The van der Waals surface area contributed by atoms with Gasteiger partial charge >= 0.3 is 0 Å². The largest absolute Gasteiger partial charge is 0.508 e. The van der Waals surface area contributed by atoms with Crippen molar-refractivity contribution in [1.29, 1.82) is 0 Å². The highest BCUT2D eigenvalue weighted by molar-refractivity contribution is 6.46. The van der Waals surface area contributed by atoms with Crippen LogP contribution in [0.4, 0.5) is 0 Å². The molecule has 0 aromatic heterocycles. The second kappa shape index (κ2) is 11.2. The highest BCUT2D eigenvalue weighted by atomic mass is 16.5. The third-order valence-corrected chi connectivity index (χ3v) is 6.22. The number of Topliss-reactive ketones (excluding diaryl/α,β-unsaturated/α-hetero) is 1. The zero-order chi connectivity index (χ0) is 24.8. The lowest BCUT2D eigenvalue weighted by molar-refractivity contribution is -0.140. The van der Waals surface area contributed by atoms with Gasteiger partial charge in [-0.3, -0.25) is 14.5 Å². The molecule has 0 bridgehead atoms. The lowest BCUT2D eigenvalue weighted by Gasteiger charge is -2.29. The van der Waals surface area contributed by atoms with Gasteiger partial charge in [-0.25, -0.2) is 0 Å². The summed E-state index contributed by atoms with van der Waals surface area (Å²) in [6.45, 7) is 8.16. The van der Waals surface area contributed by atoms with Crippen molar-refractivity contribution in [2.24, 2.45) is 0 Å². The van der Waals surface area contributed by atoms with Crippen LogP contribution in [-0.4, -0.2) is 77.7 Å². The lowest BCUT2D eigenvalue weighted by Crippen LogP contribution is -2.38. The third kappa shape index (κ3) is 5.55. The van der Waals surface area contributed by atoms with Crippen LogP contribution >= 0.6 is 0 Å². The molecule has 2 heterocycles. The van der Waals surface area contributed by atoms with E-state index in [1.807, 2.05) is 0 Å². The van der Waals surface area contributed by atoms with Crippen LogP contribution in [0.15, 0.2) is 66.8 Å². The van der Waals surface area contributed by atoms with Gasteiger partial charge < -0.3 is 24.6 Å². The number of carbonyl (C=O) groups excluding carboxylic acids is 2. The number of aliphatic hydroxyl groups excluding tert-OH is 1. The summed E-state index contributed by atoms with van der Waals surface area (Å²) in [5.74, 6) is -0.933. The second-order valence-corrected chi connectivity index (χ2v) is 8.52. The number of carbonyl (C=O) groups is 2. The van der Waals surface area contributed by atoms with Crippen LogP contribution < -0.4 is 4.74 Å². The van der Waals surface area contributed by atoms with E-state index in [1.165, 1.54) is 17.0 Å². The summed E-state index contributed by atoms with van der Waals surface area (Å²) < 4.78 is 10.9. The molecule has 2 aromatic carbocycles. The van der Waals surface area contributed by atoms with Gasteiger partial charge in [0.05, 0.1) is 24.8 Å². The maximum absolute atomic E-state index is 13.1. The summed E-state index contributed by atoms with van der Waals surface area (Å²) >= 11 is 0. The number of aliphatic hydroxyl groups is 1. The van der Waals surface area contributed by atoms with Crippen molar-refractivity contribution >= 4 is 17.4 Å². The molecular formula is C27H30N2O6. The van der Waals surface area contributed by atoms with Gasteiger partial charge in [-0.1, -0.05) is 24.8 Å². The summed E-state index contributed by atoms with van der Waals surface area (Å²) in [4.78, 5) is 30.0.